The lowest BCUT2D eigenvalue weighted by Crippen LogP contribution is -2.39. The summed E-state index contributed by atoms with van der Waals surface area (Å²) in [5, 5.41) is 3.28. The summed E-state index contributed by atoms with van der Waals surface area (Å²) in [4.78, 5) is 16.3. The molecule has 1 aliphatic rings. The van der Waals surface area contributed by atoms with Crippen LogP contribution >= 0.6 is 0 Å². The van der Waals surface area contributed by atoms with E-state index in [1.165, 1.54) is 12.1 Å². The normalized spacial score (nSPS) is 16.6. The molecule has 0 spiro atoms. The van der Waals surface area contributed by atoms with Gasteiger partial charge in [0.15, 0.2) is 0 Å². The number of morpholine rings is 1. The topological polar surface area (TPSA) is 64.9 Å². The van der Waals surface area contributed by atoms with Crippen LogP contribution in [0.2, 0.25) is 0 Å². The van der Waals surface area contributed by atoms with Crippen molar-refractivity contribution in [3.8, 4) is 11.3 Å². The standard InChI is InChI=1S/C23H25F2N3O3/c1-3-30-21(29)11-15-9-17(24)22(18(25)10-15)23-19(12-16-13-26-5-7-31-16)28-6-4-14(2)8-20(28)27-23/h4,6,8-10,16,26H,3,5,7,11-13H2,1-2H3. The highest BCUT2D eigenvalue weighted by molar-refractivity contribution is 5.74. The number of rotatable bonds is 6. The summed E-state index contributed by atoms with van der Waals surface area (Å²) in [7, 11) is 0. The van der Waals surface area contributed by atoms with Gasteiger partial charge in [-0.3, -0.25) is 4.79 Å². The highest BCUT2D eigenvalue weighted by Gasteiger charge is 2.25. The molecule has 8 heteroatoms. The summed E-state index contributed by atoms with van der Waals surface area (Å²) in [6.07, 6.45) is 2.00. The number of aromatic nitrogens is 2. The number of nitrogens with one attached hydrogen (secondary N) is 1. The van der Waals surface area contributed by atoms with Crippen molar-refractivity contribution in [1.82, 2.24) is 14.7 Å². The predicted molar refractivity (Wildman–Crippen MR) is 112 cm³/mol. The Morgan fingerprint density at radius 3 is 2.77 bits per heavy atom. The molecule has 1 aromatic carbocycles. The number of pyridine rings is 1. The molecule has 1 unspecified atom stereocenters. The maximum atomic E-state index is 15.1. The zero-order valence-corrected chi connectivity index (χ0v) is 17.6. The summed E-state index contributed by atoms with van der Waals surface area (Å²) in [5.41, 5.74) is 2.56. The van der Waals surface area contributed by atoms with E-state index < -0.39 is 17.6 Å². The molecule has 3 heterocycles. The van der Waals surface area contributed by atoms with E-state index in [9.17, 15) is 4.79 Å². The summed E-state index contributed by atoms with van der Waals surface area (Å²) < 4.78 is 42.8. The fraction of sp³-hybridized carbons (Fsp3) is 0.391. The Labute approximate surface area is 179 Å². The zero-order valence-electron chi connectivity index (χ0n) is 17.6. The third kappa shape index (κ3) is 4.60. The van der Waals surface area contributed by atoms with Crippen LogP contribution in [0.4, 0.5) is 8.78 Å². The number of benzene rings is 1. The van der Waals surface area contributed by atoms with Gasteiger partial charge in [0, 0.05) is 25.7 Å². The summed E-state index contributed by atoms with van der Waals surface area (Å²) >= 11 is 0. The number of carbonyl (C=O) groups excluding carboxylic acids is 1. The number of esters is 1. The molecule has 6 nitrogen and oxygen atoms in total. The average molecular weight is 429 g/mol. The molecule has 2 aromatic heterocycles. The molecule has 1 atom stereocenters. The number of ether oxygens (including phenoxy) is 2. The van der Waals surface area contributed by atoms with Crippen LogP contribution in [0.1, 0.15) is 23.7 Å². The van der Waals surface area contributed by atoms with Gasteiger partial charge in [0.25, 0.3) is 0 Å². The molecule has 1 fully saturated rings. The van der Waals surface area contributed by atoms with Gasteiger partial charge in [-0.15, -0.1) is 0 Å². The molecule has 1 N–H and O–H groups in total. The molecule has 1 saturated heterocycles. The maximum Gasteiger partial charge on any atom is 0.310 e. The minimum absolute atomic E-state index is 0.122. The van der Waals surface area contributed by atoms with E-state index in [1.54, 1.807) is 6.92 Å². The number of hydrogen-bond donors (Lipinski definition) is 1. The Kier molecular flexibility index (Phi) is 6.29. The second-order valence-electron chi connectivity index (χ2n) is 7.66. The van der Waals surface area contributed by atoms with Crippen molar-refractivity contribution in [3.05, 3.63) is 58.9 Å². The van der Waals surface area contributed by atoms with Crippen LogP contribution in [-0.2, 0) is 27.1 Å². The first kappa shape index (κ1) is 21.4. The van der Waals surface area contributed by atoms with Crippen LogP contribution in [0.5, 0.6) is 0 Å². The Balaban J connectivity index is 1.77. The van der Waals surface area contributed by atoms with Crippen LogP contribution in [0.25, 0.3) is 16.9 Å². The van der Waals surface area contributed by atoms with Crippen LogP contribution in [0, 0.1) is 18.6 Å². The molecular formula is C23H25F2N3O3. The Hall–Kier alpha value is -2.84. The number of nitrogens with zero attached hydrogens (tertiary/aromatic N) is 2. The van der Waals surface area contributed by atoms with Gasteiger partial charge in [0.1, 0.15) is 17.3 Å². The highest BCUT2D eigenvalue weighted by Crippen LogP contribution is 2.32. The lowest BCUT2D eigenvalue weighted by molar-refractivity contribution is -0.142. The number of hydrogen-bond acceptors (Lipinski definition) is 5. The van der Waals surface area contributed by atoms with Crippen molar-refractivity contribution in [2.75, 3.05) is 26.3 Å². The predicted octanol–water partition coefficient (Wildman–Crippen LogP) is 3.22. The molecule has 0 bridgehead atoms. The van der Waals surface area contributed by atoms with Gasteiger partial charge in [-0.1, -0.05) is 0 Å². The van der Waals surface area contributed by atoms with Crippen LogP contribution < -0.4 is 5.32 Å². The Morgan fingerprint density at radius 2 is 2.10 bits per heavy atom. The first-order valence-corrected chi connectivity index (χ1v) is 10.4. The SMILES string of the molecule is CCOC(=O)Cc1cc(F)c(-c2nc3cc(C)ccn3c2CC2CNCCO2)c(F)c1. The van der Waals surface area contributed by atoms with Crippen LogP contribution in [0.15, 0.2) is 30.5 Å². The number of fused-ring (bicyclic) bond motifs is 1. The van der Waals surface area contributed by atoms with Crippen molar-refractivity contribution < 1.29 is 23.0 Å². The first-order valence-electron chi connectivity index (χ1n) is 10.4. The van der Waals surface area contributed by atoms with Crippen molar-refractivity contribution in [2.24, 2.45) is 0 Å². The lowest BCUT2D eigenvalue weighted by atomic mass is 10.0. The van der Waals surface area contributed by atoms with Gasteiger partial charge in [0.2, 0.25) is 0 Å². The van der Waals surface area contributed by atoms with Gasteiger partial charge in [-0.2, -0.15) is 0 Å². The number of imidazole rings is 1. The van der Waals surface area contributed by atoms with E-state index in [2.05, 4.69) is 10.3 Å². The van der Waals surface area contributed by atoms with E-state index in [0.29, 0.717) is 30.9 Å². The average Bonchev–Trinajstić information content (AvgIpc) is 3.05. The monoisotopic (exact) mass is 429 g/mol. The smallest absolute Gasteiger partial charge is 0.310 e. The van der Waals surface area contributed by atoms with Gasteiger partial charge < -0.3 is 19.2 Å². The van der Waals surface area contributed by atoms with E-state index in [4.69, 9.17) is 9.47 Å². The lowest BCUT2D eigenvalue weighted by Gasteiger charge is -2.24. The number of halogens is 2. The van der Waals surface area contributed by atoms with E-state index >= 15 is 8.78 Å². The summed E-state index contributed by atoms with van der Waals surface area (Å²) in [6.45, 7) is 5.85. The number of aryl methyl sites for hydroxylation is 1. The summed E-state index contributed by atoms with van der Waals surface area (Å²) in [6, 6.07) is 6.15. The largest absolute Gasteiger partial charge is 0.466 e. The molecule has 0 amide bonds. The zero-order chi connectivity index (χ0) is 22.0. The minimum atomic E-state index is -0.761. The van der Waals surface area contributed by atoms with E-state index in [-0.39, 0.29) is 36.0 Å². The van der Waals surface area contributed by atoms with Crippen LogP contribution in [0.3, 0.4) is 0 Å². The molecular weight excluding hydrogens is 404 g/mol. The Morgan fingerprint density at radius 1 is 1.32 bits per heavy atom. The number of carbonyl (C=O) groups is 1. The van der Waals surface area contributed by atoms with Crippen molar-refractivity contribution >= 4 is 11.6 Å². The maximum absolute atomic E-state index is 15.1. The van der Waals surface area contributed by atoms with Crippen molar-refractivity contribution in [3.63, 3.8) is 0 Å². The molecule has 0 aliphatic carbocycles. The van der Waals surface area contributed by atoms with Crippen LogP contribution in [-0.4, -0.2) is 47.8 Å². The first-order chi connectivity index (χ1) is 15.0. The van der Waals surface area contributed by atoms with Gasteiger partial charge in [-0.25, -0.2) is 13.8 Å². The molecule has 3 aromatic rings. The van der Waals surface area contributed by atoms with Gasteiger partial charge in [0.05, 0.1) is 42.7 Å². The van der Waals surface area contributed by atoms with Crippen molar-refractivity contribution in [2.45, 2.75) is 32.8 Å². The second kappa shape index (κ2) is 9.11. The highest BCUT2D eigenvalue weighted by atomic mass is 19.1. The van der Waals surface area contributed by atoms with Gasteiger partial charge in [-0.05, 0) is 49.2 Å². The van der Waals surface area contributed by atoms with E-state index in [1.807, 2.05) is 29.7 Å². The fourth-order valence-corrected chi connectivity index (χ4v) is 3.89. The molecule has 0 saturated carbocycles. The van der Waals surface area contributed by atoms with Crippen molar-refractivity contribution in [1.29, 1.82) is 0 Å². The quantitative estimate of drug-likeness (QED) is 0.610. The van der Waals surface area contributed by atoms with Gasteiger partial charge >= 0.3 is 5.97 Å². The fourth-order valence-electron chi connectivity index (χ4n) is 3.89. The molecule has 4 rings (SSSR count). The minimum Gasteiger partial charge on any atom is -0.466 e. The molecule has 0 radical (unpaired) electrons. The third-order valence-corrected chi connectivity index (χ3v) is 5.30. The second-order valence-corrected chi connectivity index (χ2v) is 7.66. The van der Waals surface area contributed by atoms with E-state index in [0.717, 1.165) is 12.1 Å². The molecule has 164 valence electrons. The molecule has 1 aliphatic heterocycles. The molecule has 31 heavy (non-hydrogen) atoms. The Bertz CT molecular complexity index is 1080. The summed E-state index contributed by atoms with van der Waals surface area (Å²) in [5.74, 6) is -2.05. The third-order valence-electron chi connectivity index (χ3n) is 5.30.